The van der Waals surface area contributed by atoms with Crippen LogP contribution in [0.25, 0.3) is 0 Å². The summed E-state index contributed by atoms with van der Waals surface area (Å²) in [5.41, 5.74) is 1.67. The van der Waals surface area contributed by atoms with Crippen LogP contribution in [0.15, 0.2) is 4.52 Å². The molecule has 6 heteroatoms. The average molecular weight is 373 g/mol. The molecule has 0 N–H and O–H groups in total. The van der Waals surface area contributed by atoms with Gasteiger partial charge in [0.2, 0.25) is 0 Å². The van der Waals surface area contributed by atoms with Crippen LogP contribution in [0.2, 0.25) is 0 Å². The van der Waals surface area contributed by atoms with E-state index in [0.29, 0.717) is 11.7 Å². The molecule has 0 atom stereocenters. The second-order valence-electron chi connectivity index (χ2n) is 8.87. The fourth-order valence-electron chi connectivity index (χ4n) is 5.47. The van der Waals surface area contributed by atoms with Crippen molar-refractivity contribution in [1.82, 2.24) is 19.9 Å². The number of aryl methyl sites for hydroxylation is 1. The Kier molecular flexibility index (Phi) is 4.94. The highest BCUT2D eigenvalue weighted by Crippen LogP contribution is 2.28. The molecule has 2 saturated heterocycles. The van der Waals surface area contributed by atoms with Crippen molar-refractivity contribution in [2.75, 3.05) is 39.3 Å². The maximum Gasteiger partial charge on any atom is 0.276 e. The van der Waals surface area contributed by atoms with Gasteiger partial charge in [0.15, 0.2) is 5.69 Å². The monoisotopic (exact) mass is 372 g/mol. The van der Waals surface area contributed by atoms with Gasteiger partial charge in [-0.1, -0.05) is 24.4 Å². The van der Waals surface area contributed by atoms with E-state index in [-0.39, 0.29) is 5.91 Å². The molecule has 6 nitrogen and oxygen atoms in total. The van der Waals surface area contributed by atoms with Gasteiger partial charge in [-0.2, -0.15) is 0 Å². The SMILES string of the molecule is O=C(c1noc2c1CCCC2)N1CC(N2CCN(C3CCCCC3)CC2)C1. The minimum absolute atomic E-state index is 0.0824. The number of nitrogens with zero attached hydrogens (tertiary/aromatic N) is 4. The molecule has 1 saturated carbocycles. The third-order valence-corrected chi connectivity index (χ3v) is 7.26. The molecule has 1 aromatic rings. The first-order valence-electron chi connectivity index (χ1n) is 11.0. The van der Waals surface area contributed by atoms with Crippen LogP contribution >= 0.6 is 0 Å². The van der Waals surface area contributed by atoms with Crippen LogP contribution in [-0.4, -0.2) is 77.1 Å². The molecular formula is C21H32N4O2. The molecule has 2 aliphatic heterocycles. The molecule has 3 fully saturated rings. The van der Waals surface area contributed by atoms with Crippen molar-refractivity contribution >= 4 is 5.91 Å². The Labute approximate surface area is 161 Å². The molecular weight excluding hydrogens is 340 g/mol. The lowest BCUT2D eigenvalue weighted by molar-refractivity contribution is -0.00307. The number of likely N-dealkylation sites (tertiary alicyclic amines) is 1. The molecule has 0 radical (unpaired) electrons. The number of fused-ring (bicyclic) bond motifs is 1. The molecule has 4 aliphatic rings. The highest BCUT2D eigenvalue weighted by molar-refractivity contribution is 5.94. The summed E-state index contributed by atoms with van der Waals surface area (Å²) >= 11 is 0. The van der Waals surface area contributed by atoms with E-state index in [1.54, 1.807) is 0 Å². The Balaban J connectivity index is 1.12. The smallest absolute Gasteiger partial charge is 0.276 e. The van der Waals surface area contributed by atoms with Crippen LogP contribution in [0.5, 0.6) is 0 Å². The van der Waals surface area contributed by atoms with Crippen molar-refractivity contribution in [3.63, 3.8) is 0 Å². The van der Waals surface area contributed by atoms with Crippen molar-refractivity contribution in [2.24, 2.45) is 0 Å². The molecule has 2 aliphatic carbocycles. The van der Waals surface area contributed by atoms with E-state index in [1.165, 1.54) is 45.2 Å². The van der Waals surface area contributed by atoms with Crippen LogP contribution < -0.4 is 0 Å². The van der Waals surface area contributed by atoms with Crippen LogP contribution in [0, 0.1) is 0 Å². The van der Waals surface area contributed by atoms with Gasteiger partial charge in [-0.25, -0.2) is 0 Å². The van der Waals surface area contributed by atoms with E-state index in [2.05, 4.69) is 15.0 Å². The third kappa shape index (κ3) is 3.42. The normalized spacial score (nSPS) is 26.0. The lowest BCUT2D eigenvalue weighted by Crippen LogP contribution is -2.64. The summed E-state index contributed by atoms with van der Waals surface area (Å²) in [6, 6.07) is 1.36. The number of rotatable bonds is 3. The van der Waals surface area contributed by atoms with Gasteiger partial charge in [-0.15, -0.1) is 0 Å². The Morgan fingerprint density at radius 3 is 2.26 bits per heavy atom. The number of aromatic nitrogens is 1. The molecule has 3 heterocycles. The zero-order valence-electron chi connectivity index (χ0n) is 16.4. The lowest BCUT2D eigenvalue weighted by atomic mass is 9.93. The fourth-order valence-corrected chi connectivity index (χ4v) is 5.47. The summed E-state index contributed by atoms with van der Waals surface area (Å²) < 4.78 is 5.43. The topological polar surface area (TPSA) is 52.8 Å². The van der Waals surface area contributed by atoms with E-state index < -0.39 is 0 Å². The van der Waals surface area contributed by atoms with Gasteiger partial charge >= 0.3 is 0 Å². The second-order valence-corrected chi connectivity index (χ2v) is 8.87. The average Bonchev–Trinajstić information content (AvgIpc) is 3.12. The van der Waals surface area contributed by atoms with Gasteiger partial charge in [0.25, 0.3) is 5.91 Å². The first kappa shape index (κ1) is 17.7. The Bertz CT molecular complexity index is 668. The maximum atomic E-state index is 12.8. The first-order chi connectivity index (χ1) is 13.3. The minimum atomic E-state index is 0.0824. The molecule has 27 heavy (non-hydrogen) atoms. The molecule has 148 valence electrons. The van der Waals surface area contributed by atoms with E-state index in [1.807, 2.05) is 4.90 Å². The predicted molar refractivity (Wildman–Crippen MR) is 103 cm³/mol. The summed E-state index contributed by atoms with van der Waals surface area (Å²) in [5, 5.41) is 4.11. The van der Waals surface area contributed by atoms with E-state index in [0.717, 1.165) is 69.2 Å². The highest BCUT2D eigenvalue weighted by Gasteiger charge is 2.39. The number of carbonyl (C=O) groups is 1. The van der Waals surface area contributed by atoms with Crippen molar-refractivity contribution in [1.29, 1.82) is 0 Å². The van der Waals surface area contributed by atoms with Crippen molar-refractivity contribution in [2.45, 2.75) is 69.9 Å². The molecule has 5 rings (SSSR count). The maximum absolute atomic E-state index is 12.8. The largest absolute Gasteiger partial charge is 0.360 e. The Morgan fingerprint density at radius 2 is 1.52 bits per heavy atom. The summed E-state index contributed by atoms with van der Waals surface area (Å²) in [6.07, 6.45) is 11.2. The van der Waals surface area contributed by atoms with Crippen molar-refractivity contribution in [3.8, 4) is 0 Å². The predicted octanol–water partition coefficient (Wildman–Crippen LogP) is 2.33. The van der Waals surface area contributed by atoms with Crippen LogP contribution in [0.3, 0.4) is 0 Å². The molecule has 0 unspecified atom stereocenters. The molecule has 1 amide bonds. The standard InChI is InChI=1S/C21H32N4O2/c26-21(20-18-8-4-5-9-19(18)27-22-20)25-14-17(15-25)24-12-10-23(11-13-24)16-6-2-1-3-7-16/h16-17H,1-15H2. The minimum Gasteiger partial charge on any atom is -0.360 e. The number of amides is 1. The first-order valence-corrected chi connectivity index (χ1v) is 11.0. The summed E-state index contributed by atoms with van der Waals surface area (Å²) in [4.78, 5) is 20.1. The second kappa shape index (κ2) is 7.55. The van der Waals surface area contributed by atoms with Gasteiger partial charge < -0.3 is 9.42 Å². The van der Waals surface area contributed by atoms with Crippen molar-refractivity contribution < 1.29 is 9.32 Å². The summed E-state index contributed by atoms with van der Waals surface area (Å²) in [5.74, 6) is 1.03. The third-order valence-electron chi connectivity index (χ3n) is 7.26. The zero-order chi connectivity index (χ0) is 18.2. The Morgan fingerprint density at radius 1 is 0.852 bits per heavy atom. The molecule has 0 bridgehead atoms. The van der Waals surface area contributed by atoms with Crippen LogP contribution in [0.1, 0.15) is 66.8 Å². The fraction of sp³-hybridized carbons (Fsp3) is 0.810. The zero-order valence-corrected chi connectivity index (χ0v) is 16.4. The lowest BCUT2D eigenvalue weighted by Gasteiger charge is -2.49. The van der Waals surface area contributed by atoms with E-state index in [4.69, 9.17) is 4.52 Å². The number of piperazine rings is 1. The highest BCUT2D eigenvalue weighted by atomic mass is 16.5. The van der Waals surface area contributed by atoms with Crippen LogP contribution in [0.4, 0.5) is 0 Å². The summed E-state index contributed by atoms with van der Waals surface area (Å²) in [7, 11) is 0. The van der Waals surface area contributed by atoms with Gasteiger partial charge in [0.1, 0.15) is 5.76 Å². The molecule has 1 aromatic heterocycles. The van der Waals surface area contributed by atoms with Crippen LogP contribution in [-0.2, 0) is 12.8 Å². The quantitative estimate of drug-likeness (QED) is 0.815. The van der Waals surface area contributed by atoms with Gasteiger partial charge in [-0.3, -0.25) is 14.6 Å². The molecule has 0 aromatic carbocycles. The van der Waals surface area contributed by atoms with Crippen molar-refractivity contribution in [3.05, 3.63) is 17.0 Å². The Hall–Kier alpha value is -1.40. The van der Waals surface area contributed by atoms with E-state index >= 15 is 0 Å². The molecule has 0 spiro atoms. The van der Waals surface area contributed by atoms with Gasteiger partial charge in [0.05, 0.1) is 0 Å². The van der Waals surface area contributed by atoms with Gasteiger partial charge in [-0.05, 0) is 32.1 Å². The number of carbonyl (C=O) groups excluding carboxylic acids is 1. The van der Waals surface area contributed by atoms with Gasteiger partial charge in [0, 0.05) is 63.3 Å². The summed E-state index contributed by atoms with van der Waals surface area (Å²) in [6.45, 7) is 6.41. The van der Waals surface area contributed by atoms with E-state index in [9.17, 15) is 4.79 Å². The number of hydrogen-bond acceptors (Lipinski definition) is 5. The number of hydrogen-bond donors (Lipinski definition) is 0.